The molecule has 0 fully saturated rings. The van der Waals surface area contributed by atoms with Gasteiger partial charge < -0.3 is 0 Å². The third kappa shape index (κ3) is 4.33. The lowest BCUT2D eigenvalue weighted by atomic mass is 10.1. The van der Waals surface area contributed by atoms with Crippen molar-refractivity contribution in [3.05, 3.63) is 61.9 Å². The lowest BCUT2D eigenvalue weighted by molar-refractivity contribution is -0.385. The molecule has 132 valence electrons. The lowest BCUT2D eigenvalue weighted by Gasteiger charge is -2.05. The molecule has 2 rings (SSSR count). The zero-order chi connectivity index (χ0) is 18.7. The van der Waals surface area contributed by atoms with Crippen LogP contribution in [0.25, 0.3) is 6.08 Å². The number of nitrogens with zero attached hydrogens (tertiary/aromatic N) is 3. The molecule has 0 aliphatic rings. The molecule has 0 bridgehead atoms. The van der Waals surface area contributed by atoms with E-state index < -0.39 is 4.92 Å². The monoisotopic (exact) mass is 361 g/mol. The number of rotatable bonds is 6. The van der Waals surface area contributed by atoms with Gasteiger partial charge in [-0.25, -0.2) is 0 Å². The molecular weight excluding hydrogens is 342 g/mol. The Bertz CT molecular complexity index is 853. The van der Waals surface area contributed by atoms with Gasteiger partial charge in [-0.15, -0.1) is 0 Å². The quantitative estimate of drug-likeness (QED) is 0.325. The summed E-state index contributed by atoms with van der Waals surface area (Å²) in [6.45, 7) is 8.27. The standard InChI is InChI=1S/C18H20ClN3O3/c1-11(2)10-21-18(19)15(13(4)20-21)7-8-17(23)14-6-5-12(3)16(9-14)22(24)25/h5-9,11H,10H2,1-4H3/b8-7+. The number of carbonyl (C=O) groups is 1. The third-order valence-corrected chi connectivity index (χ3v) is 4.14. The van der Waals surface area contributed by atoms with Gasteiger partial charge in [0.05, 0.1) is 10.6 Å². The number of aromatic nitrogens is 2. The third-order valence-electron chi connectivity index (χ3n) is 3.74. The normalized spacial score (nSPS) is 11.4. The summed E-state index contributed by atoms with van der Waals surface area (Å²) in [7, 11) is 0. The molecule has 0 saturated heterocycles. The van der Waals surface area contributed by atoms with Crippen molar-refractivity contribution in [2.75, 3.05) is 0 Å². The van der Waals surface area contributed by atoms with Crippen molar-refractivity contribution in [3.8, 4) is 0 Å². The second-order valence-electron chi connectivity index (χ2n) is 6.32. The largest absolute Gasteiger partial charge is 0.289 e. The zero-order valence-corrected chi connectivity index (χ0v) is 15.4. The number of nitro groups is 1. The van der Waals surface area contributed by atoms with Crippen molar-refractivity contribution in [1.29, 1.82) is 0 Å². The molecule has 0 unspecified atom stereocenters. The van der Waals surface area contributed by atoms with Crippen LogP contribution in [-0.2, 0) is 6.54 Å². The minimum atomic E-state index is -0.493. The maximum absolute atomic E-state index is 12.3. The Labute approximate surface area is 151 Å². The Morgan fingerprint density at radius 1 is 1.40 bits per heavy atom. The first-order chi connectivity index (χ1) is 11.7. The first-order valence-corrected chi connectivity index (χ1v) is 8.28. The van der Waals surface area contributed by atoms with Gasteiger partial charge in [-0.3, -0.25) is 19.6 Å². The second-order valence-corrected chi connectivity index (χ2v) is 6.68. The van der Waals surface area contributed by atoms with Crippen LogP contribution < -0.4 is 0 Å². The number of allylic oxidation sites excluding steroid dienone is 1. The van der Waals surface area contributed by atoms with Crippen molar-refractivity contribution in [1.82, 2.24) is 9.78 Å². The summed E-state index contributed by atoms with van der Waals surface area (Å²) < 4.78 is 1.71. The number of hydrogen-bond acceptors (Lipinski definition) is 4. The van der Waals surface area contributed by atoms with E-state index in [2.05, 4.69) is 18.9 Å². The molecule has 0 saturated carbocycles. The first-order valence-electron chi connectivity index (χ1n) is 7.91. The molecule has 2 aromatic rings. The lowest BCUT2D eigenvalue weighted by Crippen LogP contribution is -2.06. The van der Waals surface area contributed by atoms with Crippen LogP contribution in [-0.4, -0.2) is 20.5 Å². The van der Waals surface area contributed by atoms with E-state index in [9.17, 15) is 14.9 Å². The van der Waals surface area contributed by atoms with Gasteiger partial charge in [-0.2, -0.15) is 5.10 Å². The molecule has 1 aromatic carbocycles. The summed E-state index contributed by atoms with van der Waals surface area (Å²) in [5, 5.41) is 15.9. The molecule has 25 heavy (non-hydrogen) atoms. The minimum absolute atomic E-state index is 0.0711. The molecule has 0 spiro atoms. The Kier molecular flexibility index (Phi) is 5.74. The number of benzene rings is 1. The number of halogens is 1. The van der Waals surface area contributed by atoms with E-state index in [0.29, 0.717) is 28.7 Å². The van der Waals surface area contributed by atoms with E-state index in [1.165, 1.54) is 12.1 Å². The molecule has 0 atom stereocenters. The highest BCUT2D eigenvalue weighted by atomic mass is 35.5. The van der Waals surface area contributed by atoms with Gasteiger partial charge in [0.25, 0.3) is 5.69 Å². The van der Waals surface area contributed by atoms with Crippen LogP contribution in [0, 0.1) is 29.9 Å². The zero-order valence-electron chi connectivity index (χ0n) is 14.6. The average Bonchev–Trinajstić information content (AvgIpc) is 2.78. The maximum atomic E-state index is 12.3. The number of nitro benzene ring substituents is 1. The van der Waals surface area contributed by atoms with Gasteiger partial charge in [0.2, 0.25) is 0 Å². The fourth-order valence-electron chi connectivity index (χ4n) is 2.44. The van der Waals surface area contributed by atoms with E-state index >= 15 is 0 Å². The predicted molar refractivity (Wildman–Crippen MR) is 98.0 cm³/mol. The van der Waals surface area contributed by atoms with E-state index in [4.69, 9.17) is 11.6 Å². The van der Waals surface area contributed by atoms with Gasteiger partial charge in [-0.05, 0) is 31.9 Å². The summed E-state index contributed by atoms with van der Waals surface area (Å²) in [4.78, 5) is 22.8. The molecule has 1 aromatic heterocycles. The highest BCUT2D eigenvalue weighted by Gasteiger charge is 2.15. The number of aryl methyl sites for hydroxylation is 2. The molecule has 0 radical (unpaired) electrons. The number of hydrogen-bond donors (Lipinski definition) is 0. The summed E-state index contributed by atoms with van der Waals surface area (Å²) >= 11 is 6.34. The SMILES string of the molecule is Cc1ccc(C(=O)/C=C/c2c(C)nn(CC(C)C)c2Cl)cc1[N+](=O)[O-]. The van der Waals surface area contributed by atoms with Crippen LogP contribution in [0.15, 0.2) is 24.3 Å². The first kappa shape index (κ1) is 18.9. The van der Waals surface area contributed by atoms with Crippen molar-refractivity contribution < 1.29 is 9.72 Å². The Hall–Kier alpha value is -2.47. The van der Waals surface area contributed by atoms with Gasteiger partial charge >= 0.3 is 0 Å². The maximum Gasteiger partial charge on any atom is 0.273 e. The predicted octanol–water partition coefficient (Wildman–Crippen LogP) is 4.61. The fourth-order valence-corrected chi connectivity index (χ4v) is 2.74. The van der Waals surface area contributed by atoms with Crippen LogP contribution in [0.2, 0.25) is 5.15 Å². The molecule has 7 heteroatoms. The van der Waals surface area contributed by atoms with Crippen LogP contribution >= 0.6 is 11.6 Å². The summed E-state index contributed by atoms with van der Waals surface area (Å²) in [6, 6.07) is 4.43. The second kappa shape index (κ2) is 7.61. The molecule has 0 amide bonds. The average molecular weight is 362 g/mol. The van der Waals surface area contributed by atoms with E-state index in [-0.39, 0.29) is 17.0 Å². The van der Waals surface area contributed by atoms with Crippen molar-refractivity contribution in [2.24, 2.45) is 5.92 Å². The highest BCUT2D eigenvalue weighted by Crippen LogP contribution is 2.23. The van der Waals surface area contributed by atoms with Crippen molar-refractivity contribution >= 4 is 29.1 Å². The Balaban J connectivity index is 2.28. The summed E-state index contributed by atoms with van der Waals surface area (Å²) in [5.41, 5.74) is 2.11. The van der Waals surface area contributed by atoms with Crippen LogP contribution in [0.3, 0.4) is 0 Å². The molecular formula is C18H20ClN3O3. The molecule has 0 aliphatic carbocycles. The van der Waals surface area contributed by atoms with Crippen LogP contribution in [0.4, 0.5) is 5.69 Å². The Morgan fingerprint density at radius 3 is 2.68 bits per heavy atom. The highest BCUT2D eigenvalue weighted by molar-refractivity contribution is 6.31. The van der Waals surface area contributed by atoms with Crippen molar-refractivity contribution in [3.63, 3.8) is 0 Å². The smallest absolute Gasteiger partial charge is 0.273 e. The van der Waals surface area contributed by atoms with Crippen LogP contribution in [0.5, 0.6) is 0 Å². The number of carbonyl (C=O) groups excluding carboxylic acids is 1. The summed E-state index contributed by atoms with van der Waals surface area (Å²) in [6.07, 6.45) is 2.97. The molecule has 0 aliphatic heterocycles. The number of ketones is 1. The Morgan fingerprint density at radius 2 is 2.08 bits per heavy atom. The topological polar surface area (TPSA) is 78.0 Å². The van der Waals surface area contributed by atoms with Gasteiger partial charge in [0.1, 0.15) is 5.15 Å². The van der Waals surface area contributed by atoms with E-state index in [1.54, 1.807) is 29.8 Å². The van der Waals surface area contributed by atoms with Gasteiger partial charge in [-0.1, -0.05) is 37.6 Å². The van der Waals surface area contributed by atoms with Crippen LogP contribution in [0.1, 0.15) is 41.0 Å². The molecule has 1 heterocycles. The van der Waals surface area contributed by atoms with Crippen molar-refractivity contribution in [2.45, 2.75) is 34.2 Å². The van der Waals surface area contributed by atoms with Gasteiger partial charge in [0, 0.05) is 29.3 Å². The molecule has 6 nitrogen and oxygen atoms in total. The molecule has 0 N–H and O–H groups in total. The van der Waals surface area contributed by atoms with E-state index in [1.807, 2.05) is 6.92 Å². The fraction of sp³-hybridized carbons (Fsp3) is 0.333. The van der Waals surface area contributed by atoms with Gasteiger partial charge in [0.15, 0.2) is 5.78 Å². The van der Waals surface area contributed by atoms with E-state index in [0.717, 1.165) is 5.69 Å². The summed E-state index contributed by atoms with van der Waals surface area (Å²) in [5.74, 6) is 0.0681. The minimum Gasteiger partial charge on any atom is -0.289 e.